The van der Waals surface area contributed by atoms with E-state index >= 15 is 0 Å². The fraction of sp³-hybridized carbons (Fsp3) is 0.526. The Balaban J connectivity index is 2.44. The molecular formula is C19H27NO6. The Morgan fingerprint density at radius 1 is 1.12 bits per heavy atom. The van der Waals surface area contributed by atoms with E-state index < -0.39 is 29.5 Å². The smallest absolute Gasteiger partial charge is 0.328 e. The molecule has 0 aromatic heterocycles. The molecule has 0 aliphatic heterocycles. The summed E-state index contributed by atoms with van der Waals surface area (Å²) in [6.07, 6.45) is 0.0776. The molecule has 0 aliphatic rings. The minimum absolute atomic E-state index is 0.0117. The van der Waals surface area contributed by atoms with Gasteiger partial charge in [-0.3, -0.25) is 9.59 Å². The first-order chi connectivity index (χ1) is 12.2. The molecule has 0 fully saturated rings. The molecule has 0 saturated carbocycles. The standard InChI is InChI=1S/C19H27NO6/c1-19(2,3)26-17(22)11-10-15(18(23)24-4)20-16(21)13-25-12-14-8-6-5-7-9-14/h5-9,15H,10-13H2,1-4H3,(H,20,21)/t15-/m0/s1. The Kier molecular flexibility index (Phi) is 8.78. The Morgan fingerprint density at radius 2 is 1.77 bits per heavy atom. The van der Waals surface area contributed by atoms with Crippen molar-refractivity contribution < 1.29 is 28.6 Å². The van der Waals surface area contributed by atoms with Crippen molar-refractivity contribution in [2.75, 3.05) is 13.7 Å². The van der Waals surface area contributed by atoms with E-state index in [2.05, 4.69) is 10.1 Å². The van der Waals surface area contributed by atoms with Crippen LogP contribution in [0, 0.1) is 0 Å². The molecule has 1 N–H and O–H groups in total. The van der Waals surface area contributed by atoms with Crippen LogP contribution in [-0.2, 0) is 35.2 Å². The summed E-state index contributed by atoms with van der Waals surface area (Å²) >= 11 is 0. The molecule has 0 radical (unpaired) electrons. The Bertz CT molecular complexity index is 594. The van der Waals surface area contributed by atoms with Crippen molar-refractivity contribution in [3.63, 3.8) is 0 Å². The fourth-order valence-corrected chi connectivity index (χ4v) is 2.12. The van der Waals surface area contributed by atoms with Crippen LogP contribution in [0.2, 0.25) is 0 Å². The molecule has 0 heterocycles. The van der Waals surface area contributed by atoms with Crippen molar-refractivity contribution in [2.24, 2.45) is 0 Å². The van der Waals surface area contributed by atoms with Crippen LogP contribution >= 0.6 is 0 Å². The number of nitrogens with one attached hydrogen (secondary N) is 1. The van der Waals surface area contributed by atoms with Gasteiger partial charge in [-0.05, 0) is 32.8 Å². The quantitative estimate of drug-likeness (QED) is 0.673. The lowest BCUT2D eigenvalue weighted by atomic mass is 10.1. The second kappa shape index (κ2) is 10.6. The van der Waals surface area contributed by atoms with E-state index in [0.717, 1.165) is 5.56 Å². The van der Waals surface area contributed by atoms with Crippen LogP contribution in [0.4, 0.5) is 0 Å². The number of esters is 2. The highest BCUT2D eigenvalue weighted by Gasteiger charge is 2.24. The van der Waals surface area contributed by atoms with Gasteiger partial charge in [-0.1, -0.05) is 30.3 Å². The largest absolute Gasteiger partial charge is 0.467 e. The summed E-state index contributed by atoms with van der Waals surface area (Å²) in [5, 5.41) is 2.53. The molecule has 0 unspecified atom stereocenters. The first-order valence-electron chi connectivity index (χ1n) is 8.42. The lowest BCUT2D eigenvalue weighted by Crippen LogP contribution is -2.43. The fourth-order valence-electron chi connectivity index (χ4n) is 2.12. The molecule has 0 bridgehead atoms. The van der Waals surface area contributed by atoms with Crippen molar-refractivity contribution in [1.82, 2.24) is 5.32 Å². The third-order valence-electron chi connectivity index (χ3n) is 3.22. The summed E-state index contributed by atoms with van der Waals surface area (Å²) in [7, 11) is 1.22. The number of rotatable bonds is 9. The van der Waals surface area contributed by atoms with Gasteiger partial charge in [0, 0.05) is 6.42 Å². The maximum Gasteiger partial charge on any atom is 0.328 e. The Labute approximate surface area is 154 Å². The second-order valence-corrected chi connectivity index (χ2v) is 6.75. The molecule has 7 heteroatoms. The zero-order chi connectivity index (χ0) is 19.6. The van der Waals surface area contributed by atoms with Crippen LogP contribution in [0.15, 0.2) is 30.3 Å². The van der Waals surface area contributed by atoms with E-state index in [0.29, 0.717) is 0 Å². The summed E-state index contributed by atoms with van der Waals surface area (Å²) in [5.41, 5.74) is 0.335. The Morgan fingerprint density at radius 3 is 2.35 bits per heavy atom. The number of ether oxygens (including phenoxy) is 3. The van der Waals surface area contributed by atoms with Gasteiger partial charge in [0.05, 0.1) is 13.7 Å². The van der Waals surface area contributed by atoms with E-state index in [1.807, 2.05) is 30.3 Å². The molecule has 1 aromatic rings. The molecular weight excluding hydrogens is 338 g/mol. The lowest BCUT2D eigenvalue weighted by Gasteiger charge is -2.21. The number of hydrogen-bond donors (Lipinski definition) is 1. The molecule has 0 aliphatic carbocycles. The van der Waals surface area contributed by atoms with Crippen molar-refractivity contribution in [3.8, 4) is 0 Å². The summed E-state index contributed by atoms with van der Waals surface area (Å²) in [5.74, 6) is -1.52. The number of methoxy groups -OCH3 is 1. The van der Waals surface area contributed by atoms with E-state index in [9.17, 15) is 14.4 Å². The lowest BCUT2D eigenvalue weighted by molar-refractivity contribution is -0.155. The van der Waals surface area contributed by atoms with E-state index in [1.54, 1.807) is 20.8 Å². The van der Waals surface area contributed by atoms with Crippen LogP contribution in [0.5, 0.6) is 0 Å². The maximum absolute atomic E-state index is 12.0. The Hall–Kier alpha value is -2.41. The third kappa shape index (κ3) is 9.17. The number of amides is 1. The van der Waals surface area contributed by atoms with Crippen molar-refractivity contribution >= 4 is 17.8 Å². The summed E-state index contributed by atoms with van der Waals surface area (Å²) in [4.78, 5) is 35.6. The molecule has 26 heavy (non-hydrogen) atoms. The average molecular weight is 365 g/mol. The molecule has 0 spiro atoms. The van der Waals surface area contributed by atoms with Crippen LogP contribution in [0.3, 0.4) is 0 Å². The van der Waals surface area contributed by atoms with Crippen LogP contribution in [0.25, 0.3) is 0 Å². The zero-order valence-electron chi connectivity index (χ0n) is 15.7. The van der Waals surface area contributed by atoms with Crippen LogP contribution < -0.4 is 5.32 Å². The van der Waals surface area contributed by atoms with Gasteiger partial charge in [-0.15, -0.1) is 0 Å². The van der Waals surface area contributed by atoms with Gasteiger partial charge < -0.3 is 19.5 Å². The highest BCUT2D eigenvalue weighted by Crippen LogP contribution is 2.10. The molecule has 144 valence electrons. The van der Waals surface area contributed by atoms with Gasteiger partial charge in [-0.25, -0.2) is 4.79 Å². The SMILES string of the molecule is COC(=O)[C@H](CCC(=O)OC(C)(C)C)NC(=O)COCc1ccccc1. The minimum Gasteiger partial charge on any atom is -0.467 e. The topological polar surface area (TPSA) is 90.9 Å². The summed E-state index contributed by atoms with van der Waals surface area (Å²) < 4.78 is 15.2. The summed E-state index contributed by atoms with van der Waals surface area (Å²) in [6.45, 7) is 5.36. The highest BCUT2D eigenvalue weighted by molar-refractivity contribution is 5.85. The van der Waals surface area contributed by atoms with Crippen molar-refractivity contribution in [1.29, 1.82) is 0 Å². The molecule has 1 atom stereocenters. The average Bonchev–Trinajstić information content (AvgIpc) is 2.57. The van der Waals surface area contributed by atoms with E-state index in [1.165, 1.54) is 7.11 Å². The van der Waals surface area contributed by atoms with E-state index in [-0.39, 0.29) is 26.1 Å². The van der Waals surface area contributed by atoms with Crippen LogP contribution in [0.1, 0.15) is 39.2 Å². The first-order valence-corrected chi connectivity index (χ1v) is 8.42. The van der Waals surface area contributed by atoms with Crippen molar-refractivity contribution in [2.45, 2.75) is 51.9 Å². The number of carbonyl (C=O) groups is 3. The van der Waals surface area contributed by atoms with Crippen LogP contribution in [-0.4, -0.2) is 43.2 Å². The maximum atomic E-state index is 12.0. The summed E-state index contributed by atoms with van der Waals surface area (Å²) in [6, 6.07) is 8.49. The van der Waals surface area contributed by atoms with Gasteiger partial charge in [0.2, 0.25) is 5.91 Å². The number of benzene rings is 1. The van der Waals surface area contributed by atoms with Gasteiger partial charge in [0.15, 0.2) is 0 Å². The van der Waals surface area contributed by atoms with Gasteiger partial charge in [0.25, 0.3) is 0 Å². The molecule has 0 saturated heterocycles. The normalized spacial score (nSPS) is 12.2. The monoisotopic (exact) mass is 365 g/mol. The molecule has 1 amide bonds. The number of carbonyl (C=O) groups excluding carboxylic acids is 3. The predicted octanol–water partition coefficient (Wildman–Crippen LogP) is 1.98. The minimum atomic E-state index is -0.930. The van der Waals surface area contributed by atoms with Crippen molar-refractivity contribution in [3.05, 3.63) is 35.9 Å². The third-order valence-corrected chi connectivity index (χ3v) is 3.22. The first kappa shape index (κ1) is 21.6. The van der Waals surface area contributed by atoms with Gasteiger partial charge >= 0.3 is 11.9 Å². The van der Waals surface area contributed by atoms with Gasteiger partial charge in [-0.2, -0.15) is 0 Å². The molecule has 1 rings (SSSR count). The molecule has 7 nitrogen and oxygen atoms in total. The second-order valence-electron chi connectivity index (χ2n) is 6.75. The van der Waals surface area contributed by atoms with Gasteiger partial charge in [0.1, 0.15) is 18.2 Å². The van der Waals surface area contributed by atoms with E-state index in [4.69, 9.17) is 9.47 Å². The highest BCUT2D eigenvalue weighted by atomic mass is 16.6. The molecule has 1 aromatic carbocycles. The zero-order valence-corrected chi connectivity index (χ0v) is 15.7. The number of hydrogen-bond acceptors (Lipinski definition) is 6. The predicted molar refractivity (Wildman–Crippen MR) is 95.1 cm³/mol.